The minimum atomic E-state index is 0.353. The quantitative estimate of drug-likeness (QED) is 0.682. The first-order chi connectivity index (χ1) is 7.24. The Balaban J connectivity index is 2.38. The zero-order valence-electron chi connectivity index (χ0n) is 8.76. The van der Waals surface area contributed by atoms with Crippen LogP contribution in [0.5, 0.6) is 0 Å². The molecule has 3 heteroatoms. The molecule has 2 nitrogen and oxygen atoms in total. The lowest BCUT2D eigenvalue weighted by Crippen LogP contribution is -2.15. The molecule has 1 unspecified atom stereocenters. The van der Waals surface area contributed by atoms with E-state index in [0.717, 1.165) is 24.5 Å². The maximum Gasteiger partial charge on any atom is 0.147 e. The molecule has 2 rings (SSSR count). The molecular formula is C12H13ClN2. The van der Waals surface area contributed by atoms with Crippen LogP contribution in [0.2, 0.25) is 5.15 Å². The van der Waals surface area contributed by atoms with Crippen LogP contribution in [-0.4, -0.2) is 4.98 Å². The van der Waals surface area contributed by atoms with Crippen LogP contribution in [0, 0.1) is 17.2 Å². The van der Waals surface area contributed by atoms with Crippen LogP contribution in [-0.2, 0) is 12.8 Å². The van der Waals surface area contributed by atoms with Gasteiger partial charge in [0.05, 0.1) is 5.56 Å². The van der Waals surface area contributed by atoms with Gasteiger partial charge < -0.3 is 0 Å². The van der Waals surface area contributed by atoms with Crippen molar-refractivity contribution in [1.82, 2.24) is 4.98 Å². The fraction of sp³-hybridized carbons (Fsp3) is 0.500. The van der Waals surface area contributed by atoms with Gasteiger partial charge in [-0.3, -0.25) is 0 Å². The summed E-state index contributed by atoms with van der Waals surface area (Å²) in [5.74, 6) is 0.743. The first-order valence-electron chi connectivity index (χ1n) is 5.33. The molecule has 0 spiro atoms. The summed E-state index contributed by atoms with van der Waals surface area (Å²) in [5.41, 5.74) is 2.81. The molecular weight excluding hydrogens is 208 g/mol. The van der Waals surface area contributed by atoms with E-state index in [1.807, 2.05) is 6.07 Å². The van der Waals surface area contributed by atoms with Crippen LogP contribution in [0.15, 0.2) is 6.07 Å². The van der Waals surface area contributed by atoms with Crippen LogP contribution in [0.3, 0.4) is 0 Å². The summed E-state index contributed by atoms with van der Waals surface area (Å²) >= 11 is 5.90. The number of halogens is 1. The number of aromatic nitrogens is 1. The maximum atomic E-state index is 8.87. The SMILES string of the molecule is CCC1CCc2nc(Cl)c(C#N)cc2C1. The molecule has 78 valence electrons. The number of hydrogen-bond donors (Lipinski definition) is 0. The number of pyridine rings is 1. The molecule has 0 fully saturated rings. The Morgan fingerprint density at radius 3 is 3.13 bits per heavy atom. The zero-order chi connectivity index (χ0) is 10.8. The lowest BCUT2D eigenvalue weighted by molar-refractivity contribution is 0.440. The van der Waals surface area contributed by atoms with Gasteiger partial charge in [-0.15, -0.1) is 0 Å². The Labute approximate surface area is 94.9 Å². The second-order valence-electron chi connectivity index (χ2n) is 4.06. The van der Waals surface area contributed by atoms with Gasteiger partial charge >= 0.3 is 0 Å². The molecule has 1 heterocycles. The highest BCUT2D eigenvalue weighted by molar-refractivity contribution is 6.30. The lowest BCUT2D eigenvalue weighted by Gasteiger charge is -2.22. The first-order valence-corrected chi connectivity index (χ1v) is 5.70. The molecule has 1 aliphatic rings. The third kappa shape index (κ3) is 1.98. The normalized spacial score (nSPS) is 19.4. The van der Waals surface area contributed by atoms with E-state index in [1.54, 1.807) is 0 Å². The Morgan fingerprint density at radius 2 is 2.47 bits per heavy atom. The summed E-state index contributed by atoms with van der Waals surface area (Å²) < 4.78 is 0. The number of rotatable bonds is 1. The van der Waals surface area contributed by atoms with Gasteiger partial charge in [0, 0.05) is 5.69 Å². The average Bonchev–Trinajstić information content (AvgIpc) is 2.27. The summed E-state index contributed by atoms with van der Waals surface area (Å²) in [7, 11) is 0. The van der Waals surface area contributed by atoms with Gasteiger partial charge in [0.1, 0.15) is 11.2 Å². The third-order valence-electron chi connectivity index (χ3n) is 3.14. The second-order valence-corrected chi connectivity index (χ2v) is 4.42. The highest BCUT2D eigenvalue weighted by Gasteiger charge is 2.19. The summed E-state index contributed by atoms with van der Waals surface area (Å²) in [6.07, 6.45) is 4.44. The molecule has 1 aromatic rings. The minimum Gasteiger partial charge on any atom is -0.239 e. The first kappa shape index (κ1) is 10.4. The molecule has 0 radical (unpaired) electrons. The fourth-order valence-electron chi connectivity index (χ4n) is 2.14. The number of nitriles is 1. The topological polar surface area (TPSA) is 36.7 Å². The van der Waals surface area contributed by atoms with E-state index < -0.39 is 0 Å². The van der Waals surface area contributed by atoms with Gasteiger partial charge in [-0.1, -0.05) is 24.9 Å². The zero-order valence-corrected chi connectivity index (χ0v) is 9.51. The van der Waals surface area contributed by atoms with Crippen LogP contribution in [0.25, 0.3) is 0 Å². The molecule has 0 saturated heterocycles. The van der Waals surface area contributed by atoms with Crippen LogP contribution >= 0.6 is 11.6 Å². The fourth-order valence-corrected chi connectivity index (χ4v) is 2.34. The second kappa shape index (κ2) is 4.20. The van der Waals surface area contributed by atoms with Crippen molar-refractivity contribution in [3.05, 3.63) is 28.0 Å². The van der Waals surface area contributed by atoms with Crippen molar-refractivity contribution in [2.24, 2.45) is 5.92 Å². The lowest BCUT2D eigenvalue weighted by atomic mass is 9.85. The molecule has 1 aliphatic carbocycles. The minimum absolute atomic E-state index is 0.353. The maximum absolute atomic E-state index is 8.87. The number of nitrogens with zero attached hydrogens (tertiary/aromatic N) is 2. The van der Waals surface area contributed by atoms with Gasteiger partial charge in [-0.05, 0) is 36.8 Å². The van der Waals surface area contributed by atoms with Gasteiger partial charge in [-0.2, -0.15) is 5.26 Å². The van der Waals surface area contributed by atoms with E-state index >= 15 is 0 Å². The summed E-state index contributed by atoms with van der Waals surface area (Å²) in [5, 5.41) is 9.22. The van der Waals surface area contributed by atoms with E-state index in [9.17, 15) is 0 Å². The van der Waals surface area contributed by atoms with Crippen LogP contribution in [0.1, 0.15) is 36.6 Å². The van der Waals surface area contributed by atoms with Crippen molar-refractivity contribution in [3.8, 4) is 6.07 Å². The van der Waals surface area contributed by atoms with Gasteiger partial charge in [0.15, 0.2) is 0 Å². The molecule has 0 N–H and O–H groups in total. The Hall–Kier alpha value is -1.07. The van der Waals surface area contributed by atoms with Crippen molar-refractivity contribution in [1.29, 1.82) is 5.26 Å². The molecule has 0 saturated carbocycles. The molecule has 0 bridgehead atoms. The Kier molecular flexibility index (Phi) is 2.93. The molecule has 0 amide bonds. The third-order valence-corrected chi connectivity index (χ3v) is 3.43. The highest BCUT2D eigenvalue weighted by Crippen LogP contribution is 2.28. The van der Waals surface area contributed by atoms with Crippen molar-refractivity contribution in [2.45, 2.75) is 32.6 Å². The van der Waals surface area contributed by atoms with Crippen LogP contribution in [0.4, 0.5) is 0 Å². The summed E-state index contributed by atoms with van der Waals surface area (Å²) in [4.78, 5) is 4.30. The number of hydrogen-bond acceptors (Lipinski definition) is 2. The standard InChI is InChI=1S/C12H13ClN2/c1-2-8-3-4-11-9(5-8)6-10(7-14)12(13)15-11/h6,8H,2-5H2,1H3. The average molecular weight is 221 g/mol. The number of aryl methyl sites for hydroxylation is 1. The highest BCUT2D eigenvalue weighted by atomic mass is 35.5. The van der Waals surface area contributed by atoms with E-state index in [4.69, 9.17) is 16.9 Å². The summed E-state index contributed by atoms with van der Waals surface area (Å²) in [6, 6.07) is 3.99. The van der Waals surface area contributed by atoms with Crippen molar-refractivity contribution in [2.75, 3.05) is 0 Å². The largest absolute Gasteiger partial charge is 0.239 e. The van der Waals surface area contributed by atoms with Crippen molar-refractivity contribution >= 4 is 11.6 Å². The monoisotopic (exact) mass is 220 g/mol. The smallest absolute Gasteiger partial charge is 0.147 e. The molecule has 0 aromatic carbocycles. The van der Waals surface area contributed by atoms with Crippen molar-refractivity contribution < 1.29 is 0 Å². The van der Waals surface area contributed by atoms with Gasteiger partial charge in [0.25, 0.3) is 0 Å². The van der Waals surface area contributed by atoms with E-state index in [-0.39, 0.29) is 0 Å². The number of fused-ring (bicyclic) bond motifs is 1. The molecule has 0 aliphatic heterocycles. The molecule has 15 heavy (non-hydrogen) atoms. The Bertz CT molecular complexity index is 420. The van der Waals surface area contributed by atoms with E-state index in [2.05, 4.69) is 18.0 Å². The predicted octanol–water partition coefficient (Wildman–Crippen LogP) is 3.12. The van der Waals surface area contributed by atoms with E-state index in [0.29, 0.717) is 10.7 Å². The Morgan fingerprint density at radius 1 is 1.67 bits per heavy atom. The van der Waals surface area contributed by atoms with Crippen molar-refractivity contribution in [3.63, 3.8) is 0 Å². The van der Waals surface area contributed by atoms with E-state index in [1.165, 1.54) is 18.4 Å². The summed E-state index contributed by atoms with van der Waals surface area (Å²) in [6.45, 7) is 2.21. The van der Waals surface area contributed by atoms with Crippen LogP contribution < -0.4 is 0 Å². The van der Waals surface area contributed by atoms with Gasteiger partial charge in [0.2, 0.25) is 0 Å². The van der Waals surface area contributed by atoms with Gasteiger partial charge in [-0.25, -0.2) is 4.98 Å². The molecule has 1 atom stereocenters. The molecule has 1 aromatic heterocycles. The predicted molar refractivity (Wildman–Crippen MR) is 59.8 cm³/mol.